The maximum atomic E-state index is 5.49. The summed E-state index contributed by atoms with van der Waals surface area (Å²) in [4.78, 5) is 4.18. The van der Waals surface area contributed by atoms with E-state index in [1.54, 1.807) is 13.3 Å². The van der Waals surface area contributed by atoms with Crippen molar-refractivity contribution in [2.24, 2.45) is 0 Å². The highest BCUT2D eigenvalue weighted by atomic mass is 16.5. The van der Waals surface area contributed by atoms with Crippen LogP contribution in [-0.2, 0) is 0 Å². The van der Waals surface area contributed by atoms with Crippen molar-refractivity contribution in [2.75, 3.05) is 7.11 Å². The fraction of sp³-hybridized carbons (Fsp3) is 0.400. The molecule has 3 nitrogen and oxygen atoms in total. The van der Waals surface area contributed by atoms with Crippen LogP contribution in [0.3, 0.4) is 0 Å². The Labute approximate surface area is 107 Å². The van der Waals surface area contributed by atoms with E-state index in [0.29, 0.717) is 6.04 Å². The zero-order valence-electron chi connectivity index (χ0n) is 10.7. The third-order valence-electron chi connectivity index (χ3n) is 3.75. The van der Waals surface area contributed by atoms with Gasteiger partial charge in [-0.2, -0.15) is 0 Å². The van der Waals surface area contributed by atoms with Crippen molar-refractivity contribution < 1.29 is 4.74 Å². The number of rotatable bonds is 3. The molecular weight excluding hydrogens is 224 g/mol. The molecule has 1 saturated carbocycles. The van der Waals surface area contributed by atoms with Crippen LogP contribution in [0.4, 0.5) is 0 Å². The average molecular weight is 242 g/mol. The van der Waals surface area contributed by atoms with Crippen LogP contribution in [-0.4, -0.2) is 16.7 Å². The van der Waals surface area contributed by atoms with E-state index in [4.69, 9.17) is 4.74 Å². The van der Waals surface area contributed by atoms with Gasteiger partial charge in [-0.3, -0.25) is 4.98 Å². The number of nitrogens with zero attached hydrogens (tertiary/aromatic N) is 2. The molecule has 0 saturated heterocycles. The first kappa shape index (κ1) is 11.3. The van der Waals surface area contributed by atoms with Crippen LogP contribution < -0.4 is 4.74 Å². The lowest BCUT2D eigenvalue weighted by Crippen LogP contribution is -2.00. The fourth-order valence-corrected chi connectivity index (χ4v) is 2.77. The molecule has 0 N–H and O–H groups in total. The Kier molecular flexibility index (Phi) is 3.05. The van der Waals surface area contributed by atoms with Crippen LogP contribution in [0.2, 0.25) is 0 Å². The van der Waals surface area contributed by atoms with Crippen LogP contribution in [0.1, 0.15) is 31.7 Å². The number of methoxy groups -OCH3 is 1. The van der Waals surface area contributed by atoms with E-state index >= 15 is 0 Å². The minimum absolute atomic E-state index is 0.643. The molecule has 0 spiro atoms. The second-order valence-corrected chi connectivity index (χ2v) is 4.87. The van der Waals surface area contributed by atoms with E-state index in [-0.39, 0.29) is 0 Å². The number of hydrogen-bond donors (Lipinski definition) is 0. The third-order valence-corrected chi connectivity index (χ3v) is 3.75. The molecule has 0 aliphatic heterocycles. The summed E-state index contributed by atoms with van der Waals surface area (Å²) in [7, 11) is 1.73. The smallest absolute Gasteiger partial charge is 0.144 e. The van der Waals surface area contributed by atoms with Gasteiger partial charge in [0.15, 0.2) is 0 Å². The van der Waals surface area contributed by atoms with Crippen molar-refractivity contribution >= 4 is 0 Å². The lowest BCUT2D eigenvalue weighted by Gasteiger charge is -2.10. The number of aromatic nitrogens is 2. The van der Waals surface area contributed by atoms with Crippen molar-refractivity contribution in [2.45, 2.75) is 31.7 Å². The van der Waals surface area contributed by atoms with E-state index in [1.165, 1.54) is 25.7 Å². The Morgan fingerprint density at radius 3 is 2.78 bits per heavy atom. The molecule has 0 unspecified atom stereocenters. The van der Waals surface area contributed by atoms with Gasteiger partial charge in [0, 0.05) is 42.0 Å². The SMILES string of the molecule is COc1cn(C2CCCC2)cc1-c1cccnc1. The molecule has 0 amide bonds. The Hall–Kier alpha value is -1.77. The predicted molar refractivity (Wildman–Crippen MR) is 71.7 cm³/mol. The lowest BCUT2D eigenvalue weighted by atomic mass is 10.1. The first-order valence-corrected chi connectivity index (χ1v) is 6.54. The molecule has 2 heterocycles. The Balaban J connectivity index is 1.98. The summed E-state index contributed by atoms with van der Waals surface area (Å²) in [5, 5.41) is 0. The molecule has 0 atom stereocenters. The molecule has 1 aliphatic carbocycles. The first-order chi connectivity index (χ1) is 8.88. The van der Waals surface area contributed by atoms with Gasteiger partial charge in [0.25, 0.3) is 0 Å². The molecule has 2 aromatic rings. The number of ether oxygens (including phenoxy) is 1. The molecule has 94 valence electrons. The van der Waals surface area contributed by atoms with Gasteiger partial charge in [-0.15, -0.1) is 0 Å². The maximum absolute atomic E-state index is 5.49. The summed E-state index contributed by atoms with van der Waals surface area (Å²) in [6, 6.07) is 4.68. The molecule has 1 aliphatic rings. The molecule has 3 rings (SSSR count). The number of hydrogen-bond acceptors (Lipinski definition) is 2. The maximum Gasteiger partial charge on any atom is 0.144 e. The van der Waals surface area contributed by atoms with Crippen LogP contribution in [0.15, 0.2) is 36.9 Å². The van der Waals surface area contributed by atoms with E-state index < -0.39 is 0 Å². The zero-order valence-corrected chi connectivity index (χ0v) is 10.7. The standard InChI is InChI=1S/C15H18N2O/c1-18-15-11-17(13-6-2-3-7-13)10-14(15)12-5-4-8-16-9-12/h4-5,8-11,13H,2-3,6-7H2,1H3. The van der Waals surface area contributed by atoms with Crippen LogP contribution in [0.5, 0.6) is 5.75 Å². The van der Waals surface area contributed by atoms with Crippen molar-refractivity contribution in [3.63, 3.8) is 0 Å². The summed E-state index contributed by atoms with van der Waals surface area (Å²) < 4.78 is 7.81. The first-order valence-electron chi connectivity index (χ1n) is 6.54. The molecule has 3 heteroatoms. The molecule has 1 fully saturated rings. The molecular formula is C15H18N2O. The van der Waals surface area contributed by atoms with E-state index in [0.717, 1.165) is 16.9 Å². The molecule has 0 bridgehead atoms. The summed E-state index contributed by atoms with van der Waals surface area (Å²) >= 11 is 0. The van der Waals surface area contributed by atoms with Crippen molar-refractivity contribution in [3.8, 4) is 16.9 Å². The minimum Gasteiger partial charge on any atom is -0.495 e. The van der Waals surface area contributed by atoms with Gasteiger partial charge in [-0.25, -0.2) is 0 Å². The highest BCUT2D eigenvalue weighted by Gasteiger charge is 2.19. The number of pyridine rings is 1. The minimum atomic E-state index is 0.643. The normalized spacial score (nSPS) is 16.1. The Bertz CT molecular complexity index is 513. The van der Waals surface area contributed by atoms with Gasteiger partial charge in [-0.1, -0.05) is 18.9 Å². The van der Waals surface area contributed by atoms with Crippen molar-refractivity contribution in [1.82, 2.24) is 9.55 Å². The second-order valence-electron chi connectivity index (χ2n) is 4.87. The largest absolute Gasteiger partial charge is 0.495 e. The summed E-state index contributed by atoms with van der Waals surface area (Å²) in [6.45, 7) is 0. The van der Waals surface area contributed by atoms with Crippen molar-refractivity contribution in [3.05, 3.63) is 36.9 Å². The predicted octanol–water partition coefficient (Wildman–Crippen LogP) is 3.67. The van der Waals surface area contributed by atoms with Crippen molar-refractivity contribution in [1.29, 1.82) is 0 Å². The van der Waals surface area contributed by atoms with Gasteiger partial charge >= 0.3 is 0 Å². The Morgan fingerprint density at radius 2 is 2.11 bits per heavy atom. The average Bonchev–Trinajstić information content (AvgIpc) is 3.08. The van der Waals surface area contributed by atoms with Crippen LogP contribution in [0.25, 0.3) is 11.1 Å². The highest BCUT2D eigenvalue weighted by Crippen LogP contribution is 2.36. The second kappa shape index (κ2) is 4.84. The highest BCUT2D eigenvalue weighted by molar-refractivity contribution is 5.69. The van der Waals surface area contributed by atoms with Gasteiger partial charge in [0.2, 0.25) is 0 Å². The quantitative estimate of drug-likeness (QED) is 0.821. The van der Waals surface area contributed by atoms with Gasteiger partial charge in [0.05, 0.1) is 7.11 Å². The molecule has 18 heavy (non-hydrogen) atoms. The lowest BCUT2D eigenvalue weighted by molar-refractivity contribution is 0.412. The topological polar surface area (TPSA) is 27.1 Å². The summed E-state index contributed by atoms with van der Waals surface area (Å²) in [5.74, 6) is 0.940. The summed E-state index contributed by atoms with van der Waals surface area (Å²) in [6.07, 6.45) is 13.3. The van der Waals surface area contributed by atoms with E-state index in [9.17, 15) is 0 Å². The van der Waals surface area contributed by atoms with Gasteiger partial charge in [-0.05, 0) is 18.9 Å². The van der Waals surface area contributed by atoms with Gasteiger partial charge in [0.1, 0.15) is 5.75 Å². The van der Waals surface area contributed by atoms with Crippen LogP contribution in [0, 0.1) is 0 Å². The Morgan fingerprint density at radius 1 is 1.28 bits per heavy atom. The fourth-order valence-electron chi connectivity index (χ4n) is 2.77. The summed E-state index contributed by atoms with van der Waals surface area (Å²) in [5.41, 5.74) is 2.25. The van der Waals surface area contributed by atoms with Gasteiger partial charge < -0.3 is 9.30 Å². The molecule has 0 radical (unpaired) electrons. The third kappa shape index (κ3) is 2.01. The molecule has 0 aromatic carbocycles. The monoisotopic (exact) mass is 242 g/mol. The van der Waals surface area contributed by atoms with Crippen LogP contribution >= 0.6 is 0 Å². The zero-order chi connectivity index (χ0) is 12.4. The van der Waals surface area contributed by atoms with E-state index in [1.807, 2.05) is 12.3 Å². The van der Waals surface area contributed by atoms with E-state index in [2.05, 4.69) is 28.0 Å². The molecule has 2 aromatic heterocycles.